The van der Waals surface area contributed by atoms with E-state index in [1.54, 1.807) is 4.68 Å². The van der Waals surface area contributed by atoms with Crippen molar-refractivity contribution in [3.05, 3.63) is 59.7 Å². The number of nitrogens with zero attached hydrogens (tertiary/aromatic N) is 4. The van der Waals surface area contributed by atoms with E-state index in [0.717, 1.165) is 24.9 Å². The molecule has 0 fully saturated rings. The normalized spacial score (nSPS) is 16.5. The average molecular weight is 424 g/mol. The fraction of sp³-hybridized carbons (Fsp3) is 0.364. The minimum atomic E-state index is -0.344. The Morgan fingerprint density at radius 1 is 1.27 bits per heavy atom. The minimum absolute atomic E-state index is 0.0191. The number of benzene rings is 2. The van der Waals surface area contributed by atoms with Crippen LogP contribution in [0, 0.1) is 0 Å². The minimum Gasteiger partial charge on any atom is -0.492 e. The molecule has 1 aliphatic rings. The van der Waals surface area contributed by atoms with Crippen molar-refractivity contribution in [2.45, 2.75) is 49.6 Å². The smallest absolute Gasteiger partial charge is 0.233 e. The van der Waals surface area contributed by atoms with Gasteiger partial charge in [0.1, 0.15) is 11.4 Å². The summed E-state index contributed by atoms with van der Waals surface area (Å²) in [5.41, 5.74) is 3.30. The third-order valence-corrected chi connectivity index (χ3v) is 6.20. The van der Waals surface area contributed by atoms with Crippen molar-refractivity contribution >= 4 is 17.7 Å². The quantitative estimate of drug-likeness (QED) is 0.583. The lowest BCUT2D eigenvalue weighted by Gasteiger charge is -2.27. The van der Waals surface area contributed by atoms with Gasteiger partial charge in [-0.05, 0) is 66.8 Å². The molecular weight excluding hydrogens is 398 g/mol. The zero-order valence-electron chi connectivity index (χ0n) is 17.1. The van der Waals surface area contributed by atoms with Crippen molar-refractivity contribution in [2.24, 2.45) is 0 Å². The second kappa shape index (κ2) is 9.30. The van der Waals surface area contributed by atoms with Gasteiger partial charge in [0.15, 0.2) is 0 Å². The topological polar surface area (TPSA) is 81.9 Å². The second-order valence-corrected chi connectivity index (χ2v) is 8.49. The van der Waals surface area contributed by atoms with E-state index in [0.29, 0.717) is 17.5 Å². The Hall–Kier alpha value is -2.87. The first-order valence-electron chi connectivity index (χ1n) is 10.2. The van der Waals surface area contributed by atoms with Gasteiger partial charge in [-0.25, -0.2) is 0 Å². The third kappa shape index (κ3) is 4.33. The van der Waals surface area contributed by atoms with Crippen LogP contribution in [-0.2, 0) is 11.2 Å². The molecule has 3 aromatic rings. The van der Waals surface area contributed by atoms with Crippen molar-refractivity contribution in [3.8, 4) is 11.4 Å². The fourth-order valence-corrected chi connectivity index (χ4v) is 4.53. The lowest BCUT2D eigenvalue weighted by atomic mass is 9.88. The van der Waals surface area contributed by atoms with Gasteiger partial charge in [0.2, 0.25) is 11.1 Å². The number of amides is 1. The van der Waals surface area contributed by atoms with E-state index in [1.165, 1.54) is 22.9 Å². The molecule has 0 saturated heterocycles. The van der Waals surface area contributed by atoms with Crippen LogP contribution in [0.1, 0.15) is 43.9 Å². The number of hydrogen-bond acceptors (Lipinski definition) is 6. The first kappa shape index (κ1) is 20.4. The van der Waals surface area contributed by atoms with E-state index >= 15 is 0 Å². The molecule has 0 bridgehead atoms. The molecule has 156 valence electrons. The number of thioether (sulfide) groups is 1. The maximum Gasteiger partial charge on any atom is 0.233 e. The molecule has 2 atom stereocenters. The van der Waals surface area contributed by atoms with Gasteiger partial charge in [0, 0.05) is 0 Å². The molecule has 0 radical (unpaired) electrons. The number of aryl methyl sites for hydroxylation is 1. The van der Waals surface area contributed by atoms with Crippen molar-refractivity contribution < 1.29 is 9.53 Å². The molecule has 30 heavy (non-hydrogen) atoms. The molecular formula is C22H25N5O2S. The van der Waals surface area contributed by atoms with Crippen molar-refractivity contribution in [1.82, 2.24) is 25.5 Å². The Kier molecular flexibility index (Phi) is 6.32. The molecule has 0 spiro atoms. The molecule has 4 rings (SSSR count). The van der Waals surface area contributed by atoms with Gasteiger partial charge in [-0.15, -0.1) is 5.10 Å². The average Bonchev–Trinajstić information content (AvgIpc) is 3.22. The lowest BCUT2D eigenvalue weighted by molar-refractivity contribution is -0.121. The molecule has 1 N–H and O–H groups in total. The van der Waals surface area contributed by atoms with E-state index in [4.69, 9.17) is 4.74 Å². The highest BCUT2D eigenvalue weighted by molar-refractivity contribution is 8.00. The summed E-state index contributed by atoms with van der Waals surface area (Å²) in [6, 6.07) is 16.0. The Balaban J connectivity index is 1.48. The van der Waals surface area contributed by atoms with Crippen molar-refractivity contribution in [3.63, 3.8) is 0 Å². The van der Waals surface area contributed by atoms with E-state index < -0.39 is 0 Å². The molecule has 8 heteroatoms. The summed E-state index contributed by atoms with van der Waals surface area (Å²) in [4.78, 5) is 12.9. The summed E-state index contributed by atoms with van der Waals surface area (Å²) in [5.74, 6) is 0.680. The van der Waals surface area contributed by atoms with Crippen LogP contribution < -0.4 is 10.1 Å². The molecule has 0 aliphatic heterocycles. The van der Waals surface area contributed by atoms with Crippen LogP contribution in [-0.4, -0.2) is 38.0 Å². The SMILES string of the molecule is CCOc1ccccc1-n1nnnc1SC(C)C(=O)NC1CCCc2ccccc21. The van der Waals surface area contributed by atoms with E-state index in [2.05, 4.69) is 39.0 Å². The number of nitrogens with one attached hydrogen (secondary N) is 1. The summed E-state index contributed by atoms with van der Waals surface area (Å²) in [7, 11) is 0. The molecule has 1 heterocycles. The van der Waals surface area contributed by atoms with Gasteiger partial charge in [-0.1, -0.05) is 48.2 Å². The number of carbonyl (C=O) groups is 1. The van der Waals surface area contributed by atoms with Gasteiger partial charge in [-0.2, -0.15) is 4.68 Å². The number of para-hydroxylation sites is 2. The standard InChI is InChI=1S/C22H25N5O2S/c1-3-29-20-14-7-6-13-19(20)27-22(24-25-26-27)30-15(2)21(28)23-18-12-8-10-16-9-4-5-11-17(16)18/h4-7,9,11,13-15,18H,3,8,10,12H2,1-2H3,(H,23,28). The van der Waals surface area contributed by atoms with Gasteiger partial charge in [0.25, 0.3) is 0 Å². The number of ether oxygens (including phenoxy) is 1. The molecule has 0 saturated carbocycles. The van der Waals surface area contributed by atoms with Gasteiger partial charge < -0.3 is 10.1 Å². The third-order valence-electron chi connectivity index (χ3n) is 5.17. The van der Waals surface area contributed by atoms with Gasteiger partial charge in [-0.3, -0.25) is 4.79 Å². The fourth-order valence-electron chi connectivity index (χ4n) is 3.72. The number of aromatic nitrogens is 4. The second-order valence-electron chi connectivity index (χ2n) is 7.19. The first-order valence-corrected chi connectivity index (χ1v) is 11.1. The molecule has 1 aromatic heterocycles. The summed E-state index contributed by atoms with van der Waals surface area (Å²) < 4.78 is 7.32. The zero-order valence-corrected chi connectivity index (χ0v) is 17.9. The Bertz CT molecular complexity index is 1020. The maximum absolute atomic E-state index is 12.9. The Morgan fingerprint density at radius 2 is 2.07 bits per heavy atom. The maximum atomic E-state index is 12.9. The highest BCUT2D eigenvalue weighted by atomic mass is 32.2. The highest BCUT2D eigenvalue weighted by Crippen LogP contribution is 2.31. The first-order chi connectivity index (χ1) is 14.7. The largest absolute Gasteiger partial charge is 0.492 e. The summed E-state index contributed by atoms with van der Waals surface area (Å²) in [6.45, 7) is 4.35. The van der Waals surface area contributed by atoms with Crippen LogP contribution in [0.25, 0.3) is 5.69 Å². The van der Waals surface area contributed by atoms with E-state index in [-0.39, 0.29) is 17.2 Å². The van der Waals surface area contributed by atoms with E-state index in [9.17, 15) is 4.79 Å². The number of carbonyl (C=O) groups excluding carboxylic acids is 1. The van der Waals surface area contributed by atoms with Gasteiger partial charge >= 0.3 is 0 Å². The molecule has 2 unspecified atom stereocenters. The molecule has 1 aliphatic carbocycles. The van der Waals surface area contributed by atoms with Crippen LogP contribution in [0.15, 0.2) is 53.7 Å². The van der Waals surface area contributed by atoms with Crippen molar-refractivity contribution in [2.75, 3.05) is 6.61 Å². The predicted octanol–water partition coefficient (Wildman–Crippen LogP) is 3.74. The number of rotatable bonds is 7. The van der Waals surface area contributed by atoms with Crippen molar-refractivity contribution in [1.29, 1.82) is 0 Å². The van der Waals surface area contributed by atoms with Crippen LogP contribution >= 0.6 is 11.8 Å². The highest BCUT2D eigenvalue weighted by Gasteiger charge is 2.25. The number of hydrogen-bond donors (Lipinski definition) is 1. The van der Waals surface area contributed by atoms with Gasteiger partial charge in [0.05, 0.1) is 17.9 Å². The monoisotopic (exact) mass is 423 g/mol. The Labute approximate surface area is 180 Å². The van der Waals surface area contributed by atoms with Crippen LogP contribution in [0.3, 0.4) is 0 Å². The zero-order chi connectivity index (χ0) is 20.9. The molecule has 1 amide bonds. The summed E-state index contributed by atoms with van der Waals surface area (Å²) in [6.07, 6.45) is 3.11. The van der Waals surface area contributed by atoms with Crippen LogP contribution in [0.5, 0.6) is 5.75 Å². The lowest BCUT2D eigenvalue weighted by Crippen LogP contribution is -2.36. The number of tetrazole rings is 1. The van der Waals surface area contributed by atoms with E-state index in [1.807, 2.05) is 44.2 Å². The molecule has 7 nitrogen and oxygen atoms in total. The summed E-state index contributed by atoms with van der Waals surface area (Å²) in [5, 5.41) is 15.5. The van der Waals surface area contributed by atoms with Crippen LogP contribution in [0.4, 0.5) is 0 Å². The summed E-state index contributed by atoms with van der Waals surface area (Å²) >= 11 is 1.34. The van der Waals surface area contributed by atoms with Crippen LogP contribution in [0.2, 0.25) is 0 Å². The number of fused-ring (bicyclic) bond motifs is 1. The molecule has 2 aromatic carbocycles. The predicted molar refractivity (Wildman–Crippen MR) is 116 cm³/mol. The Morgan fingerprint density at radius 3 is 2.93 bits per heavy atom.